The van der Waals surface area contributed by atoms with Crippen molar-refractivity contribution in [2.75, 3.05) is 13.1 Å². The standard InChI is InChI=1S/C16H19NO3/c1-2-17(10-9-16(19)20)11-14-13-6-4-3-5-12(13)7-8-15(14)18/h3-8,18H,2,9-11H2,1H3,(H,19,20). The molecule has 0 atom stereocenters. The van der Waals surface area contributed by atoms with Crippen molar-refractivity contribution in [2.45, 2.75) is 19.9 Å². The first-order valence-corrected chi connectivity index (χ1v) is 6.75. The van der Waals surface area contributed by atoms with Crippen molar-refractivity contribution in [1.29, 1.82) is 0 Å². The number of fused-ring (bicyclic) bond motifs is 1. The molecule has 2 rings (SSSR count). The van der Waals surface area contributed by atoms with Gasteiger partial charge in [0, 0.05) is 18.7 Å². The number of phenolic OH excluding ortho intramolecular Hbond substituents is 1. The second kappa shape index (κ2) is 6.39. The number of hydrogen-bond acceptors (Lipinski definition) is 3. The van der Waals surface area contributed by atoms with E-state index in [0.29, 0.717) is 13.1 Å². The Labute approximate surface area is 118 Å². The molecule has 106 valence electrons. The molecule has 0 unspecified atom stereocenters. The number of phenols is 1. The number of carboxylic acid groups (broad SMARTS) is 1. The predicted octanol–water partition coefficient (Wildman–Crippen LogP) is 2.84. The average molecular weight is 273 g/mol. The summed E-state index contributed by atoms with van der Waals surface area (Å²) in [5.41, 5.74) is 0.857. The van der Waals surface area contributed by atoms with Crippen LogP contribution in [0, 0.1) is 0 Å². The van der Waals surface area contributed by atoms with Crippen LogP contribution < -0.4 is 0 Å². The van der Waals surface area contributed by atoms with E-state index in [2.05, 4.69) is 0 Å². The number of rotatable bonds is 6. The molecule has 0 aliphatic rings. The smallest absolute Gasteiger partial charge is 0.304 e. The quantitative estimate of drug-likeness (QED) is 0.849. The molecular weight excluding hydrogens is 254 g/mol. The molecule has 0 saturated carbocycles. The summed E-state index contributed by atoms with van der Waals surface area (Å²) in [6, 6.07) is 11.5. The fraction of sp³-hybridized carbons (Fsp3) is 0.312. The van der Waals surface area contributed by atoms with E-state index in [1.807, 2.05) is 42.2 Å². The number of benzene rings is 2. The highest BCUT2D eigenvalue weighted by molar-refractivity contribution is 5.87. The van der Waals surface area contributed by atoms with Crippen molar-refractivity contribution in [2.24, 2.45) is 0 Å². The van der Waals surface area contributed by atoms with E-state index in [0.717, 1.165) is 22.9 Å². The van der Waals surface area contributed by atoms with E-state index >= 15 is 0 Å². The van der Waals surface area contributed by atoms with Crippen molar-refractivity contribution in [3.63, 3.8) is 0 Å². The van der Waals surface area contributed by atoms with Gasteiger partial charge in [-0.3, -0.25) is 9.69 Å². The van der Waals surface area contributed by atoms with Crippen LogP contribution in [-0.4, -0.2) is 34.2 Å². The minimum absolute atomic E-state index is 0.110. The summed E-state index contributed by atoms with van der Waals surface area (Å²) in [6.07, 6.45) is 0.110. The van der Waals surface area contributed by atoms with Gasteiger partial charge in [0.25, 0.3) is 0 Å². The molecule has 0 saturated heterocycles. The van der Waals surface area contributed by atoms with Gasteiger partial charge in [0.15, 0.2) is 0 Å². The number of aromatic hydroxyl groups is 1. The maximum Gasteiger partial charge on any atom is 0.304 e. The molecular formula is C16H19NO3. The number of aliphatic carboxylic acids is 1. The molecule has 0 amide bonds. The van der Waals surface area contributed by atoms with Gasteiger partial charge in [0.05, 0.1) is 6.42 Å². The van der Waals surface area contributed by atoms with Gasteiger partial charge in [-0.15, -0.1) is 0 Å². The van der Waals surface area contributed by atoms with Crippen LogP contribution in [0.3, 0.4) is 0 Å². The Morgan fingerprint density at radius 2 is 1.95 bits per heavy atom. The zero-order valence-corrected chi connectivity index (χ0v) is 11.5. The first-order chi connectivity index (χ1) is 9.61. The van der Waals surface area contributed by atoms with Crippen molar-refractivity contribution >= 4 is 16.7 Å². The lowest BCUT2D eigenvalue weighted by atomic mass is 10.0. The summed E-state index contributed by atoms with van der Waals surface area (Å²) in [5, 5.41) is 21.0. The summed E-state index contributed by atoms with van der Waals surface area (Å²) < 4.78 is 0. The molecule has 0 radical (unpaired) electrons. The van der Waals surface area contributed by atoms with Crippen molar-refractivity contribution < 1.29 is 15.0 Å². The molecule has 2 aromatic carbocycles. The van der Waals surface area contributed by atoms with E-state index in [1.165, 1.54) is 0 Å². The molecule has 0 bridgehead atoms. The molecule has 0 fully saturated rings. The number of carbonyl (C=O) groups is 1. The van der Waals surface area contributed by atoms with Crippen LogP contribution in [0.2, 0.25) is 0 Å². The Morgan fingerprint density at radius 3 is 2.65 bits per heavy atom. The monoisotopic (exact) mass is 273 g/mol. The van der Waals surface area contributed by atoms with Crippen LogP contribution >= 0.6 is 0 Å². The van der Waals surface area contributed by atoms with E-state index in [1.54, 1.807) is 6.07 Å². The lowest BCUT2D eigenvalue weighted by Gasteiger charge is -2.21. The molecule has 0 heterocycles. The van der Waals surface area contributed by atoms with Crippen LogP contribution in [0.5, 0.6) is 5.75 Å². The van der Waals surface area contributed by atoms with Crippen molar-refractivity contribution in [3.8, 4) is 5.75 Å². The van der Waals surface area contributed by atoms with Crippen LogP contribution in [0.1, 0.15) is 18.9 Å². The predicted molar refractivity (Wildman–Crippen MR) is 78.8 cm³/mol. The first-order valence-electron chi connectivity index (χ1n) is 6.75. The van der Waals surface area contributed by atoms with E-state index < -0.39 is 5.97 Å². The lowest BCUT2D eigenvalue weighted by Crippen LogP contribution is -2.25. The summed E-state index contributed by atoms with van der Waals surface area (Å²) in [5.74, 6) is -0.539. The Morgan fingerprint density at radius 1 is 1.20 bits per heavy atom. The third kappa shape index (κ3) is 3.27. The van der Waals surface area contributed by atoms with Gasteiger partial charge in [0.2, 0.25) is 0 Å². The van der Waals surface area contributed by atoms with Gasteiger partial charge in [-0.1, -0.05) is 37.3 Å². The largest absolute Gasteiger partial charge is 0.508 e. The third-order valence-electron chi connectivity index (χ3n) is 3.49. The van der Waals surface area contributed by atoms with Crippen LogP contribution in [0.15, 0.2) is 36.4 Å². The molecule has 0 aromatic heterocycles. The Kier molecular flexibility index (Phi) is 4.58. The fourth-order valence-corrected chi connectivity index (χ4v) is 2.32. The minimum atomic E-state index is -0.800. The van der Waals surface area contributed by atoms with E-state index in [9.17, 15) is 9.90 Å². The van der Waals surface area contributed by atoms with Gasteiger partial charge in [-0.2, -0.15) is 0 Å². The maximum atomic E-state index is 10.7. The zero-order chi connectivity index (χ0) is 14.5. The topological polar surface area (TPSA) is 60.8 Å². The normalized spacial score (nSPS) is 11.1. The summed E-state index contributed by atoms with van der Waals surface area (Å²) >= 11 is 0. The second-order valence-corrected chi connectivity index (χ2v) is 4.80. The molecule has 4 heteroatoms. The molecule has 0 aliphatic heterocycles. The second-order valence-electron chi connectivity index (χ2n) is 4.80. The molecule has 2 N–H and O–H groups in total. The highest BCUT2D eigenvalue weighted by atomic mass is 16.4. The van der Waals surface area contributed by atoms with Crippen molar-refractivity contribution in [3.05, 3.63) is 42.0 Å². The average Bonchev–Trinajstić information content (AvgIpc) is 2.45. The fourth-order valence-electron chi connectivity index (χ4n) is 2.32. The summed E-state index contributed by atoms with van der Waals surface area (Å²) in [4.78, 5) is 12.7. The van der Waals surface area contributed by atoms with Gasteiger partial charge < -0.3 is 10.2 Å². The number of hydrogen-bond donors (Lipinski definition) is 2. The van der Waals surface area contributed by atoms with Crippen LogP contribution in [0.25, 0.3) is 10.8 Å². The van der Waals surface area contributed by atoms with Crippen LogP contribution in [-0.2, 0) is 11.3 Å². The van der Waals surface area contributed by atoms with Crippen LogP contribution in [0.4, 0.5) is 0 Å². The van der Waals surface area contributed by atoms with Gasteiger partial charge in [-0.25, -0.2) is 0 Å². The van der Waals surface area contributed by atoms with Gasteiger partial charge in [0.1, 0.15) is 5.75 Å². The van der Waals surface area contributed by atoms with E-state index in [-0.39, 0.29) is 12.2 Å². The first kappa shape index (κ1) is 14.3. The Bertz CT molecular complexity index is 610. The Balaban J connectivity index is 2.27. The highest BCUT2D eigenvalue weighted by Gasteiger charge is 2.12. The van der Waals surface area contributed by atoms with Crippen molar-refractivity contribution in [1.82, 2.24) is 4.90 Å². The molecule has 0 aliphatic carbocycles. The lowest BCUT2D eigenvalue weighted by molar-refractivity contribution is -0.137. The number of carboxylic acids is 1. The van der Waals surface area contributed by atoms with Gasteiger partial charge >= 0.3 is 5.97 Å². The third-order valence-corrected chi connectivity index (χ3v) is 3.49. The molecule has 4 nitrogen and oxygen atoms in total. The molecule has 2 aromatic rings. The summed E-state index contributed by atoms with van der Waals surface area (Å²) in [7, 11) is 0. The van der Waals surface area contributed by atoms with E-state index in [4.69, 9.17) is 5.11 Å². The molecule has 0 spiro atoms. The Hall–Kier alpha value is -2.07. The zero-order valence-electron chi connectivity index (χ0n) is 11.5. The molecule has 20 heavy (non-hydrogen) atoms. The minimum Gasteiger partial charge on any atom is -0.508 e. The SMILES string of the molecule is CCN(CCC(=O)O)Cc1c(O)ccc2ccccc12. The highest BCUT2D eigenvalue weighted by Crippen LogP contribution is 2.28. The summed E-state index contributed by atoms with van der Waals surface area (Å²) in [6.45, 7) is 3.77. The number of nitrogens with zero attached hydrogens (tertiary/aromatic N) is 1. The van der Waals surface area contributed by atoms with Gasteiger partial charge in [-0.05, 0) is 23.4 Å². The maximum absolute atomic E-state index is 10.7.